The van der Waals surface area contributed by atoms with Gasteiger partial charge in [0.2, 0.25) is 5.13 Å². The number of aryl methyl sites for hydroxylation is 1. The van der Waals surface area contributed by atoms with Gasteiger partial charge in [0.25, 0.3) is 0 Å². The van der Waals surface area contributed by atoms with Crippen molar-refractivity contribution in [3.63, 3.8) is 0 Å². The largest absolute Gasteiger partial charge is 0.234 e. The third-order valence-corrected chi connectivity index (χ3v) is 3.29. The first-order valence-electron chi connectivity index (χ1n) is 4.96. The van der Waals surface area contributed by atoms with Crippen LogP contribution in [0.2, 0.25) is 0 Å². The molecule has 16 heavy (non-hydrogen) atoms. The average Bonchev–Trinajstić information content (AvgIpc) is 2.88. The predicted molar refractivity (Wildman–Crippen MR) is 56.3 cm³/mol. The minimum atomic E-state index is 0.411. The maximum atomic E-state index is 8.96. The summed E-state index contributed by atoms with van der Waals surface area (Å²) in [6.07, 6.45) is 2.19. The number of hydrogen-bond donors (Lipinski definition) is 0. The molecule has 0 amide bonds. The van der Waals surface area contributed by atoms with Gasteiger partial charge in [-0.2, -0.15) is 9.94 Å². The van der Waals surface area contributed by atoms with Gasteiger partial charge in [-0.05, 0) is 19.8 Å². The highest BCUT2D eigenvalue weighted by Crippen LogP contribution is 2.41. The van der Waals surface area contributed by atoms with Gasteiger partial charge in [0.15, 0.2) is 5.69 Å². The minimum Gasteiger partial charge on any atom is -0.191 e. The Morgan fingerprint density at radius 3 is 2.75 bits per heavy atom. The summed E-state index contributed by atoms with van der Waals surface area (Å²) in [5.41, 5.74) is 1.30. The van der Waals surface area contributed by atoms with Crippen LogP contribution in [0.4, 0.5) is 0 Å². The number of nitriles is 1. The highest BCUT2D eigenvalue weighted by molar-refractivity contribution is 7.13. The van der Waals surface area contributed by atoms with Gasteiger partial charge in [-0.1, -0.05) is 16.6 Å². The first-order valence-corrected chi connectivity index (χ1v) is 5.77. The van der Waals surface area contributed by atoms with Crippen LogP contribution in [-0.4, -0.2) is 25.2 Å². The van der Waals surface area contributed by atoms with Crippen molar-refractivity contribution < 1.29 is 0 Å². The summed E-state index contributed by atoms with van der Waals surface area (Å²) in [7, 11) is 0. The number of aromatic nitrogens is 5. The molecule has 7 heteroatoms. The van der Waals surface area contributed by atoms with E-state index in [0.717, 1.165) is 23.5 Å². The molecule has 0 atom stereocenters. The summed E-state index contributed by atoms with van der Waals surface area (Å²) >= 11 is 1.45. The molecule has 1 fully saturated rings. The van der Waals surface area contributed by atoms with Gasteiger partial charge in [0.1, 0.15) is 11.1 Å². The van der Waals surface area contributed by atoms with Gasteiger partial charge >= 0.3 is 0 Å². The monoisotopic (exact) mass is 232 g/mol. The Morgan fingerprint density at radius 2 is 2.19 bits per heavy atom. The second kappa shape index (κ2) is 3.35. The third kappa shape index (κ3) is 1.39. The van der Waals surface area contributed by atoms with Gasteiger partial charge in [-0.15, -0.1) is 15.3 Å². The van der Waals surface area contributed by atoms with E-state index in [1.807, 2.05) is 6.92 Å². The molecular formula is C9H8N6S. The van der Waals surface area contributed by atoms with Crippen LogP contribution < -0.4 is 0 Å². The fourth-order valence-corrected chi connectivity index (χ4v) is 2.25. The second-order valence-corrected chi connectivity index (χ2v) is 4.88. The van der Waals surface area contributed by atoms with E-state index in [4.69, 9.17) is 5.26 Å². The molecule has 0 aliphatic heterocycles. The quantitative estimate of drug-likeness (QED) is 0.776. The van der Waals surface area contributed by atoms with E-state index in [2.05, 4.69) is 26.6 Å². The first-order chi connectivity index (χ1) is 7.79. The van der Waals surface area contributed by atoms with Crippen molar-refractivity contribution in [1.29, 1.82) is 5.26 Å². The predicted octanol–water partition coefficient (Wildman–Crippen LogP) is 1.18. The summed E-state index contributed by atoms with van der Waals surface area (Å²) in [4.78, 5) is 0. The third-order valence-electron chi connectivity index (χ3n) is 2.47. The van der Waals surface area contributed by atoms with E-state index >= 15 is 0 Å². The Kier molecular flexibility index (Phi) is 1.97. The van der Waals surface area contributed by atoms with Crippen LogP contribution in [0.1, 0.15) is 35.2 Å². The maximum Gasteiger partial charge on any atom is 0.234 e. The molecule has 80 valence electrons. The fraction of sp³-hybridized carbons (Fsp3) is 0.444. The van der Waals surface area contributed by atoms with Gasteiger partial charge in [-0.25, -0.2) is 0 Å². The van der Waals surface area contributed by atoms with Gasteiger partial charge in [0.05, 0.1) is 5.69 Å². The highest BCUT2D eigenvalue weighted by atomic mass is 32.1. The number of rotatable bonds is 2. The Labute approximate surface area is 95.5 Å². The van der Waals surface area contributed by atoms with Crippen LogP contribution in [0, 0.1) is 18.3 Å². The van der Waals surface area contributed by atoms with Gasteiger partial charge in [-0.3, -0.25) is 0 Å². The topological polar surface area (TPSA) is 80.3 Å². The van der Waals surface area contributed by atoms with Crippen LogP contribution in [0.15, 0.2) is 0 Å². The Bertz CT molecular complexity index is 573. The van der Waals surface area contributed by atoms with Crippen molar-refractivity contribution in [2.24, 2.45) is 0 Å². The van der Waals surface area contributed by atoms with Crippen molar-refractivity contribution in [3.8, 4) is 11.2 Å². The molecular weight excluding hydrogens is 224 g/mol. The van der Waals surface area contributed by atoms with Crippen LogP contribution >= 0.6 is 11.3 Å². The first kappa shape index (κ1) is 9.42. The number of nitrogens with zero attached hydrogens (tertiary/aromatic N) is 6. The van der Waals surface area contributed by atoms with Crippen molar-refractivity contribution >= 4 is 11.3 Å². The van der Waals surface area contributed by atoms with E-state index in [0.29, 0.717) is 16.7 Å². The Balaban J connectivity index is 2.14. The summed E-state index contributed by atoms with van der Waals surface area (Å²) in [5, 5.41) is 26.4. The Morgan fingerprint density at radius 1 is 1.38 bits per heavy atom. The smallest absolute Gasteiger partial charge is 0.191 e. The number of hydrogen-bond acceptors (Lipinski definition) is 6. The SMILES string of the molecule is Cc1nnc(-n2nnc(C#N)c2C2CC2)s1. The summed E-state index contributed by atoms with van der Waals surface area (Å²) in [6.45, 7) is 1.89. The van der Waals surface area contributed by atoms with E-state index in [-0.39, 0.29) is 0 Å². The summed E-state index contributed by atoms with van der Waals surface area (Å²) in [6, 6.07) is 2.08. The summed E-state index contributed by atoms with van der Waals surface area (Å²) in [5.74, 6) is 0.411. The van der Waals surface area contributed by atoms with Crippen LogP contribution in [0.3, 0.4) is 0 Å². The normalized spacial score (nSPS) is 15.0. The highest BCUT2D eigenvalue weighted by Gasteiger charge is 2.32. The maximum absolute atomic E-state index is 8.96. The summed E-state index contributed by atoms with van der Waals surface area (Å²) < 4.78 is 1.65. The molecule has 0 N–H and O–H groups in total. The molecule has 2 heterocycles. The molecule has 0 unspecified atom stereocenters. The van der Waals surface area contributed by atoms with Crippen LogP contribution in [0.5, 0.6) is 0 Å². The van der Waals surface area contributed by atoms with E-state index in [1.165, 1.54) is 11.3 Å². The molecule has 3 rings (SSSR count). The van der Waals surface area contributed by atoms with E-state index < -0.39 is 0 Å². The van der Waals surface area contributed by atoms with Crippen molar-refractivity contribution in [3.05, 3.63) is 16.4 Å². The minimum absolute atomic E-state index is 0.411. The zero-order valence-electron chi connectivity index (χ0n) is 8.58. The molecule has 0 bridgehead atoms. The molecule has 2 aromatic rings. The standard InChI is InChI=1S/C9H8N6S/c1-5-11-13-9(16-5)15-8(6-2-3-6)7(4-10)12-14-15/h6H,2-3H2,1H3. The zero-order chi connectivity index (χ0) is 11.1. The van der Waals surface area contributed by atoms with E-state index in [9.17, 15) is 0 Å². The molecule has 0 spiro atoms. The molecule has 1 aliphatic carbocycles. The molecule has 6 nitrogen and oxygen atoms in total. The van der Waals surface area contributed by atoms with Gasteiger partial charge < -0.3 is 0 Å². The average molecular weight is 232 g/mol. The molecule has 2 aromatic heterocycles. The van der Waals surface area contributed by atoms with Crippen LogP contribution in [0.25, 0.3) is 5.13 Å². The second-order valence-electron chi connectivity index (χ2n) is 3.72. The van der Waals surface area contributed by atoms with Crippen molar-refractivity contribution in [2.75, 3.05) is 0 Å². The van der Waals surface area contributed by atoms with Crippen LogP contribution in [-0.2, 0) is 0 Å². The fourth-order valence-electron chi connectivity index (χ4n) is 1.60. The van der Waals surface area contributed by atoms with E-state index in [1.54, 1.807) is 4.68 Å². The lowest BCUT2D eigenvalue weighted by atomic mass is 10.2. The molecule has 1 saturated carbocycles. The lowest BCUT2D eigenvalue weighted by Crippen LogP contribution is -2.01. The molecule has 0 radical (unpaired) electrons. The Hall–Kier alpha value is -1.81. The van der Waals surface area contributed by atoms with Crippen molar-refractivity contribution in [1.82, 2.24) is 25.2 Å². The van der Waals surface area contributed by atoms with Gasteiger partial charge in [0, 0.05) is 5.92 Å². The lowest BCUT2D eigenvalue weighted by Gasteiger charge is -1.98. The zero-order valence-corrected chi connectivity index (χ0v) is 9.40. The molecule has 0 aromatic carbocycles. The molecule has 1 aliphatic rings. The lowest BCUT2D eigenvalue weighted by molar-refractivity contribution is 0.747. The molecule has 0 saturated heterocycles. The van der Waals surface area contributed by atoms with Crippen molar-refractivity contribution in [2.45, 2.75) is 25.7 Å².